The minimum absolute atomic E-state index is 0.0902. The number of carbonyl (C=O) groups is 2. The van der Waals surface area contributed by atoms with E-state index in [-0.39, 0.29) is 12.5 Å². The van der Waals surface area contributed by atoms with Crippen LogP contribution in [0.15, 0.2) is 0 Å². The molecule has 0 radical (unpaired) electrons. The average Bonchev–Trinajstić information content (AvgIpc) is 2.23. The minimum atomic E-state index is -0.661. The molecule has 0 aliphatic rings. The van der Waals surface area contributed by atoms with Gasteiger partial charge >= 0.3 is 5.97 Å². The molecule has 5 nitrogen and oxygen atoms in total. The highest BCUT2D eigenvalue weighted by Crippen LogP contribution is 2.02. The lowest BCUT2D eigenvalue weighted by Gasteiger charge is -2.22. The summed E-state index contributed by atoms with van der Waals surface area (Å²) in [4.78, 5) is 24.2. The van der Waals surface area contributed by atoms with Crippen molar-refractivity contribution in [3.8, 4) is 0 Å². The first-order valence-electron chi connectivity index (χ1n) is 5.10. The first-order chi connectivity index (χ1) is 7.52. The van der Waals surface area contributed by atoms with Gasteiger partial charge in [-0.1, -0.05) is 0 Å². The lowest BCUT2D eigenvalue weighted by Crippen LogP contribution is -2.41. The SMILES string of the molecule is CCOC(=O)CN(CCOC)C(=O)C(C)Cl. The van der Waals surface area contributed by atoms with Crippen LogP contribution in [0, 0.1) is 0 Å². The smallest absolute Gasteiger partial charge is 0.325 e. The van der Waals surface area contributed by atoms with E-state index in [0.29, 0.717) is 19.8 Å². The van der Waals surface area contributed by atoms with E-state index in [9.17, 15) is 9.59 Å². The number of rotatable bonds is 7. The van der Waals surface area contributed by atoms with Crippen LogP contribution < -0.4 is 0 Å². The van der Waals surface area contributed by atoms with E-state index in [4.69, 9.17) is 21.1 Å². The molecule has 6 heteroatoms. The maximum atomic E-state index is 11.6. The summed E-state index contributed by atoms with van der Waals surface area (Å²) < 4.78 is 9.62. The predicted molar refractivity (Wildman–Crippen MR) is 60.4 cm³/mol. The summed E-state index contributed by atoms with van der Waals surface area (Å²) in [5, 5.41) is -0.661. The second kappa shape index (κ2) is 8.35. The van der Waals surface area contributed by atoms with Crippen molar-refractivity contribution >= 4 is 23.5 Å². The van der Waals surface area contributed by atoms with Gasteiger partial charge in [0, 0.05) is 13.7 Å². The topological polar surface area (TPSA) is 55.8 Å². The number of hydrogen-bond acceptors (Lipinski definition) is 4. The summed E-state index contributed by atoms with van der Waals surface area (Å²) in [6, 6.07) is 0. The number of carbonyl (C=O) groups excluding carboxylic acids is 2. The van der Waals surface area contributed by atoms with Crippen molar-refractivity contribution in [3.63, 3.8) is 0 Å². The number of esters is 1. The maximum absolute atomic E-state index is 11.6. The largest absolute Gasteiger partial charge is 0.465 e. The van der Waals surface area contributed by atoms with E-state index in [0.717, 1.165) is 0 Å². The standard InChI is InChI=1S/C10H18ClNO4/c1-4-16-9(13)7-12(5-6-15-3)10(14)8(2)11/h8H,4-7H2,1-3H3. The zero-order valence-electron chi connectivity index (χ0n) is 9.86. The van der Waals surface area contributed by atoms with Gasteiger partial charge in [-0.05, 0) is 13.8 Å². The maximum Gasteiger partial charge on any atom is 0.325 e. The summed E-state index contributed by atoms with van der Waals surface area (Å²) in [7, 11) is 1.52. The normalized spacial score (nSPS) is 12.0. The molecule has 0 rings (SSSR count). The molecule has 1 amide bonds. The quantitative estimate of drug-likeness (QED) is 0.493. The molecular weight excluding hydrogens is 234 g/mol. The van der Waals surface area contributed by atoms with Gasteiger partial charge in [0.25, 0.3) is 0 Å². The number of amides is 1. The molecule has 0 saturated heterocycles. The molecule has 0 spiro atoms. The monoisotopic (exact) mass is 251 g/mol. The van der Waals surface area contributed by atoms with Gasteiger partial charge in [-0.15, -0.1) is 11.6 Å². The molecular formula is C10H18ClNO4. The van der Waals surface area contributed by atoms with Crippen molar-refractivity contribution in [1.82, 2.24) is 4.90 Å². The molecule has 0 fully saturated rings. The third-order valence-corrected chi connectivity index (χ3v) is 2.03. The third-order valence-electron chi connectivity index (χ3n) is 1.84. The van der Waals surface area contributed by atoms with E-state index in [1.165, 1.54) is 12.0 Å². The van der Waals surface area contributed by atoms with Crippen molar-refractivity contribution in [1.29, 1.82) is 0 Å². The zero-order chi connectivity index (χ0) is 12.6. The van der Waals surface area contributed by atoms with Crippen LogP contribution in [0.3, 0.4) is 0 Å². The van der Waals surface area contributed by atoms with Crippen molar-refractivity contribution in [2.75, 3.05) is 33.4 Å². The number of nitrogens with zero attached hydrogens (tertiary/aromatic N) is 1. The number of alkyl halides is 1. The lowest BCUT2D eigenvalue weighted by molar-refractivity contribution is -0.149. The van der Waals surface area contributed by atoms with E-state index >= 15 is 0 Å². The highest BCUT2D eigenvalue weighted by molar-refractivity contribution is 6.30. The third kappa shape index (κ3) is 5.92. The molecule has 0 aromatic heterocycles. The Morgan fingerprint density at radius 3 is 2.50 bits per heavy atom. The van der Waals surface area contributed by atoms with Crippen molar-refractivity contribution in [2.24, 2.45) is 0 Å². The Morgan fingerprint density at radius 1 is 1.44 bits per heavy atom. The van der Waals surface area contributed by atoms with Gasteiger partial charge in [0.05, 0.1) is 13.2 Å². The predicted octanol–water partition coefficient (Wildman–Crippen LogP) is 0.652. The Labute approximate surface area is 101 Å². The van der Waals surface area contributed by atoms with Crippen molar-refractivity contribution in [2.45, 2.75) is 19.2 Å². The Bertz CT molecular complexity index is 233. The van der Waals surface area contributed by atoms with Gasteiger partial charge in [-0.25, -0.2) is 0 Å². The van der Waals surface area contributed by atoms with Gasteiger partial charge in [0.15, 0.2) is 0 Å². The summed E-state index contributed by atoms with van der Waals surface area (Å²) in [6.45, 7) is 4.16. The van der Waals surface area contributed by atoms with Gasteiger partial charge in [-0.3, -0.25) is 9.59 Å². The number of halogens is 1. The molecule has 0 N–H and O–H groups in total. The minimum Gasteiger partial charge on any atom is -0.465 e. The van der Waals surface area contributed by atoms with Crippen LogP contribution >= 0.6 is 11.6 Å². The van der Waals surface area contributed by atoms with Crippen LogP contribution in [0.5, 0.6) is 0 Å². The molecule has 0 heterocycles. The number of ether oxygens (including phenoxy) is 2. The van der Waals surface area contributed by atoms with Gasteiger partial charge in [0.2, 0.25) is 5.91 Å². The van der Waals surface area contributed by atoms with Gasteiger partial charge in [0.1, 0.15) is 11.9 Å². The molecule has 0 saturated carbocycles. The second-order valence-corrected chi connectivity index (χ2v) is 3.83. The molecule has 94 valence electrons. The molecule has 0 aromatic carbocycles. The van der Waals surface area contributed by atoms with Crippen molar-refractivity contribution in [3.05, 3.63) is 0 Å². The first-order valence-corrected chi connectivity index (χ1v) is 5.54. The molecule has 0 bridgehead atoms. The van der Waals surface area contributed by atoms with Crippen LogP contribution in [0.25, 0.3) is 0 Å². The molecule has 1 atom stereocenters. The van der Waals surface area contributed by atoms with Crippen LogP contribution in [0.4, 0.5) is 0 Å². The van der Waals surface area contributed by atoms with Crippen LogP contribution in [-0.2, 0) is 19.1 Å². The molecule has 1 unspecified atom stereocenters. The van der Waals surface area contributed by atoms with E-state index in [1.807, 2.05) is 0 Å². The second-order valence-electron chi connectivity index (χ2n) is 3.17. The molecule has 0 aromatic rings. The molecule has 16 heavy (non-hydrogen) atoms. The highest BCUT2D eigenvalue weighted by Gasteiger charge is 2.21. The fourth-order valence-electron chi connectivity index (χ4n) is 1.08. The van der Waals surface area contributed by atoms with E-state index in [1.54, 1.807) is 13.8 Å². The average molecular weight is 252 g/mol. The Morgan fingerprint density at radius 2 is 2.06 bits per heavy atom. The van der Waals surface area contributed by atoms with Crippen LogP contribution in [-0.4, -0.2) is 55.6 Å². The lowest BCUT2D eigenvalue weighted by atomic mass is 10.3. The number of methoxy groups -OCH3 is 1. The molecule has 0 aliphatic heterocycles. The Kier molecular flexibility index (Phi) is 7.93. The zero-order valence-corrected chi connectivity index (χ0v) is 10.6. The Hall–Kier alpha value is -0.810. The fourth-order valence-corrected chi connectivity index (χ4v) is 1.22. The summed E-state index contributed by atoms with van der Waals surface area (Å²) >= 11 is 5.68. The van der Waals surface area contributed by atoms with Gasteiger partial charge < -0.3 is 14.4 Å². The summed E-state index contributed by atoms with van der Waals surface area (Å²) in [6.07, 6.45) is 0. The van der Waals surface area contributed by atoms with Crippen LogP contribution in [0.1, 0.15) is 13.8 Å². The van der Waals surface area contributed by atoms with Crippen LogP contribution in [0.2, 0.25) is 0 Å². The Balaban J connectivity index is 4.30. The van der Waals surface area contributed by atoms with E-state index < -0.39 is 11.3 Å². The van der Waals surface area contributed by atoms with Crippen molar-refractivity contribution < 1.29 is 19.1 Å². The summed E-state index contributed by atoms with van der Waals surface area (Å²) in [5.74, 6) is -0.740. The fraction of sp³-hybridized carbons (Fsp3) is 0.800. The summed E-state index contributed by atoms with van der Waals surface area (Å²) in [5.41, 5.74) is 0. The molecule has 0 aliphatic carbocycles. The number of hydrogen-bond donors (Lipinski definition) is 0. The van der Waals surface area contributed by atoms with Gasteiger partial charge in [-0.2, -0.15) is 0 Å². The highest BCUT2D eigenvalue weighted by atomic mass is 35.5. The first kappa shape index (κ1) is 15.2. The van der Waals surface area contributed by atoms with E-state index in [2.05, 4.69) is 0 Å².